The number of alkyl halides is 2. The summed E-state index contributed by atoms with van der Waals surface area (Å²) in [5.41, 5.74) is 5.19. The second-order valence-corrected chi connectivity index (χ2v) is 24.3. The molecule has 5 atom stereocenters. The first-order valence-corrected chi connectivity index (χ1v) is 30.2. The second-order valence-electron chi connectivity index (χ2n) is 24.3. The summed E-state index contributed by atoms with van der Waals surface area (Å²) in [5.74, 6) is -4.83. The monoisotopic (exact) mass is 1440 g/mol. The number of aliphatic hydroxyl groups is 3. The minimum absolute atomic E-state index is 0. The van der Waals surface area contributed by atoms with Crippen LogP contribution in [-0.2, 0) is 27.4 Å². The normalized spacial score (nSPS) is 18.1. The van der Waals surface area contributed by atoms with Crippen LogP contribution < -0.4 is 25.1 Å². The van der Waals surface area contributed by atoms with Crippen molar-refractivity contribution in [3.8, 4) is 11.1 Å². The van der Waals surface area contributed by atoms with E-state index in [0.717, 1.165) is 151 Å². The van der Waals surface area contributed by atoms with Gasteiger partial charge in [-0.15, -0.1) is 5.10 Å². The number of nitrogens with one attached hydrogen (secondary N) is 2. The predicted molar refractivity (Wildman–Crippen MR) is 334 cm³/mol. The number of anilines is 4. The fourth-order valence-electron chi connectivity index (χ4n) is 12.1. The van der Waals surface area contributed by atoms with Crippen LogP contribution in [0.2, 0.25) is 0 Å². The molecule has 12 rings (SSSR count). The number of hydrogen-bond donors (Lipinski definition) is 5. The molecule has 0 radical (unpaired) electrons. The molecule has 0 saturated carbocycles. The molecule has 7 heterocycles. The minimum atomic E-state index is -4.15. The van der Waals surface area contributed by atoms with Gasteiger partial charge in [-0.3, -0.25) is 4.98 Å². The van der Waals surface area contributed by atoms with Gasteiger partial charge in [-0.1, -0.05) is 44.2 Å². The summed E-state index contributed by atoms with van der Waals surface area (Å²) in [4.78, 5) is 29.8. The van der Waals surface area contributed by atoms with E-state index in [1.807, 2.05) is 44.2 Å². The van der Waals surface area contributed by atoms with E-state index in [0.29, 0.717) is 11.6 Å². The number of halogens is 4. The van der Waals surface area contributed by atoms with Crippen molar-refractivity contribution in [2.75, 3.05) is 72.0 Å². The molecule has 4 aromatic heterocycles. The molecule has 3 aliphatic rings. The molecule has 5 N–H and O–H groups in total. The number of benzene rings is 5. The van der Waals surface area contributed by atoms with Gasteiger partial charge in [0.25, 0.3) is 0 Å². The molecule has 4 unspecified atom stereocenters. The number of aromatic nitrogens is 9. The summed E-state index contributed by atoms with van der Waals surface area (Å²) >= 11 is 0. The number of hydrogen-bond acceptors (Lipinski definition) is 15. The molecule has 5 aromatic carbocycles. The zero-order valence-electron chi connectivity index (χ0n) is 51.4. The molecule has 0 amide bonds. The number of H-pyrrole nitrogens is 2. The van der Waals surface area contributed by atoms with Gasteiger partial charge in [0.2, 0.25) is 0 Å². The Hall–Kier alpha value is -6.90. The summed E-state index contributed by atoms with van der Waals surface area (Å²) in [6.45, 7) is 22.2. The Morgan fingerprint density at radius 2 is 1.08 bits per heavy atom. The van der Waals surface area contributed by atoms with E-state index in [2.05, 4.69) is 139 Å². The standard InChI is InChI=1S/C37H37F4N9O2.C28H39BN4O3.U/c1-3-29(23(2)51)35-44-32-12-10-28(19-33(32)45-35)49-16-14-48(15-17-49)27-8-4-24(5-9-27)25-6-13-34(42-20-25)37(40,41)36(52,21-50-22-43-46-47-50)30-11-7-26(38)18-31(30)39;1-7-23(19(2)34)26-30-24-13-12-22(18-25(24)31-26)33-16-14-32(15-17-33)21-10-8-20(9-11-21)29-35-27(3,4)28(5,6)36-29;/h4-13,18-20,22-23,29,51-52H,3,14-17,21H2,1-2H3,(H,44,45);8-13,18-19,23,34H,7,14-17H2,1-6H3,(H,30,31);/t23?,29?,36-;;/m0../s1. The molecule has 0 bridgehead atoms. The third-order valence-corrected chi connectivity index (χ3v) is 18.1. The van der Waals surface area contributed by atoms with E-state index >= 15 is 8.78 Å². The van der Waals surface area contributed by atoms with Crippen LogP contribution in [0.4, 0.5) is 40.3 Å². The Bertz CT molecular complexity index is 3810. The maximum atomic E-state index is 16.2. The predicted octanol–water partition coefficient (Wildman–Crippen LogP) is 9.83. The van der Waals surface area contributed by atoms with Crippen molar-refractivity contribution < 1.29 is 73.3 Å². The van der Waals surface area contributed by atoms with Crippen molar-refractivity contribution >= 4 is 57.4 Å². The van der Waals surface area contributed by atoms with E-state index in [1.165, 1.54) is 23.6 Å². The maximum absolute atomic E-state index is 16.2. The van der Waals surface area contributed by atoms with Crippen molar-refractivity contribution in [1.82, 2.24) is 45.1 Å². The molecule has 0 aliphatic carbocycles. The minimum Gasteiger partial charge on any atom is -0.399 e. The van der Waals surface area contributed by atoms with Gasteiger partial charge >= 0.3 is 13.0 Å². The van der Waals surface area contributed by atoms with Crippen LogP contribution in [-0.4, -0.2) is 143 Å². The number of aliphatic hydroxyl groups excluding tert-OH is 2. The van der Waals surface area contributed by atoms with Crippen LogP contribution in [0.25, 0.3) is 33.2 Å². The van der Waals surface area contributed by atoms with Gasteiger partial charge in [0.15, 0.2) is 5.60 Å². The van der Waals surface area contributed by atoms with Crippen LogP contribution in [0.1, 0.15) is 103 Å². The van der Waals surface area contributed by atoms with Crippen LogP contribution >= 0.6 is 0 Å². The van der Waals surface area contributed by atoms with Crippen molar-refractivity contribution in [2.24, 2.45) is 0 Å². The molecule has 18 nitrogen and oxygen atoms in total. The average Bonchev–Trinajstić information content (AvgIpc) is 1.64. The Labute approximate surface area is 539 Å². The average molecular weight is 1440 g/mol. The van der Waals surface area contributed by atoms with Crippen LogP contribution in [0.3, 0.4) is 0 Å². The number of pyridine rings is 1. The van der Waals surface area contributed by atoms with Crippen LogP contribution in [0.5, 0.6) is 0 Å². The fourth-order valence-corrected chi connectivity index (χ4v) is 12.1. The van der Waals surface area contributed by atoms with E-state index in [4.69, 9.17) is 19.3 Å². The Kier molecular flexibility index (Phi) is 19.4. The van der Waals surface area contributed by atoms with Gasteiger partial charge in [0.1, 0.15) is 35.3 Å². The van der Waals surface area contributed by atoms with E-state index in [1.54, 1.807) is 6.92 Å². The number of imidazole rings is 2. The van der Waals surface area contributed by atoms with Crippen molar-refractivity contribution in [3.63, 3.8) is 0 Å². The van der Waals surface area contributed by atoms with E-state index in [-0.39, 0.29) is 61.3 Å². The topological polar surface area (TPSA) is 206 Å². The van der Waals surface area contributed by atoms with Crippen molar-refractivity contribution in [2.45, 2.75) is 122 Å². The molecule has 3 fully saturated rings. The maximum Gasteiger partial charge on any atom is 0.494 e. The quantitative estimate of drug-likeness (QED) is 0.0425. The molecule has 466 valence electrons. The Morgan fingerprint density at radius 3 is 1.51 bits per heavy atom. The second kappa shape index (κ2) is 26.5. The van der Waals surface area contributed by atoms with E-state index < -0.39 is 53.2 Å². The van der Waals surface area contributed by atoms with Gasteiger partial charge in [0.05, 0.1) is 52.0 Å². The summed E-state index contributed by atoms with van der Waals surface area (Å²) < 4.78 is 74.1. The largest absolute Gasteiger partial charge is 0.494 e. The number of tetrazole rings is 1. The zero-order valence-corrected chi connectivity index (χ0v) is 55.5. The summed E-state index contributed by atoms with van der Waals surface area (Å²) in [6, 6.07) is 33.5. The van der Waals surface area contributed by atoms with Crippen LogP contribution in [0.15, 0.2) is 128 Å². The van der Waals surface area contributed by atoms with Crippen molar-refractivity contribution in [1.29, 1.82) is 0 Å². The molecule has 0 spiro atoms. The van der Waals surface area contributed by atoms with Gasteiger partial charge in [-0.2, -0.15) is 8.78 Å². The summed E-state index contributed by atoms with van der Waals surface area (Å²) in [5, 5.41) is 42.0. The molecule has 89 heavy (non-hydrogen) atoms. The zero-order chi connectivity index (χ0) is 62.3. The van der Waals surface area contributed by atoms with Gasteiger partial charge in [-0.25, -0.2) is 23.4 Å². The number of piperazine rings is 2. The molecule has 24 heteroatoms. The SMILES string of the molecule is CCC(c1nc2ccc(N3CCN(c4ccc(-c5ccc(C(F)(F)[C@](O)(Cn6cnnn6)c6ccc(F)cc6F)nc5)cc4)CC3)cc2[nH]1)C(C)O.CCC(c1nc2ccc(N3CCN(c4ccc(B5OC(C)(C)C(C)(C)O5)cc4)CC3)cc2[nH]1)C(C)O.[U]. The fraction of sp³-hybridized carbons (Fsp3) is 0.415. The molecular formula is C65H76BF4N13O5U. The molecule has 3 aliphatic heterocycles. The van der Waals surface area contributed by atoms with Gasteiger partial charge in [0, 0.05) is 141 Å². The van der Waals surface area contributed by atoms with Gasteiger partial charge < -0.3 is 54.2 Å². The van der Waals surface area contributed by atoms with Gasteiger partial charge in [-0.05, 0) is 155 Å². The first kappa shape index (κ1) is 65.1. The molecular weight excluding hydrogens is 1370 g/mol. The first-order chi connectivity index (χ1) is 42.0. The number of aromatic amines is 2. The first-order valence-electron chi connectivity index (χ1n) is 30.2. The Morgan fingerprint density at radius 1 is 0.618 bits per heavy atom. The van der Waals surface area contributed by atoms with Crippen molar-refractivity contribution in [3.05, 3.63) is 162 Å². The van der Waals surface area contributed by atoms with Crippen LogP contribution in [0, 0.1) is 42.7 Å². The third kappa shape index (κ3) is 13.5. The molecule has 9 aromatic rings. The Balaban J connectivity index is 0.000000207. The third-order valence-electron chi connectivity index (χ3n) is 18.1. The number of fused-ring (bicyclic) bond motifs is 2. The molecule has 3 saturated heterocycles. The summed E-state index contributed by atoms with van der Waals surface area (Å²) in [7, 11) is -0.327. The number of rotatable bonds is 17. The summed E-state index contributed by atoms with van der Waals surface area (Å²) in [6.07, 6.45) is 2.99. The smallest absolute Gasteiger partial charge is 0.399 e. The van der Waals surface area contributed by atoms with E-state index in [9.17, 15) is 24.1 Å². The number of nitrogens with zero attached hydrogens (tertiary/aromatic N) is 11.